The van der Waals surface area contributed by atoms with E-state index in [1.807, 2.05) is 11.0 Å². The summed E-state index contributed by atoms with van der Waals surface area (Å²) < 4.78 is 16.8. The fourth-order valence-electron chi connectivity index (χ4n) is 5.41. The van der Waals surface area contributed by atoms with Crippen LogP contribution >= 0.6 is 11.6 Å². The van der Waals surface area contributed by atoms with Crippen LogP contribution in [0.2, 0.25) is 5.02 Å². The van der Waals surface area contributed by atoms with Crippen LogP contribution in [0.5, 0.6) is 17.2 Å². The molecular weight excluding hydrogens is 474 g/mol. The van der Waals surface area contributed by atoms with Gasteiger partial charge in [0.15, 0.2) is 5.75 Å². The molecule has 35 heavy (non-hydrogen) atoms. The zero-order chi connectivity index (χ0) is 25.1. The van der Waals surface area contributed by atoms with E-state index in [1.54, 1.807) is 19.1 Å². The highest BCUT2D eigenvalue weighted by Gasteiger charge is 2.60. The predicted octanol–water partition coefficient (Wildman–Crippen LogP) is 4.31. The molecule has 2 heterocycles. The number of aromatic carboxylic acids is 1. The smallest absolute Gasteiger partial charge is 0.337 e. The van der Waals surface area contributed by atoms with Crippen molar-refractivity contribution in [1.82, 2.24) is 0 Å². The zero-order valence-electron chi connectivity index (χ0n) is 19.5. The van der Waals surface area contributed by atoms with Crippen LogP contribution in [0.4, 0.5) is 5.69 Å². The Morgan fingerprint density at radius 1 is 1.23 bits per heavy atom. The summed E-state index contributed by atoms with van der Waals surface area (Å²) in [4.78, 5) is 41.2. The molecule has 0 bridgehead atoms. The molecule has 2 atom stereocenters. The van der Waals surface area contributed by atoms with Crippen molar-refractivity contribution in [2.75, 3.05) is 25.7 Å². The number of para-hydroxylation sites is 1. The number of allylic oxidation sites excluding steroid dienone is 1. The summed E-state index contributed by atoms with van der Waals surface area (Å²) in [6.45, 7) is 2.35. The molecule has 8 nitrogen and oxygen atoms in total. The number of methoxy groups -OCH3 is 2. The van der Waals surface area contributed by atoms with Gasteiger partial charge in [-0.1, -0.05) is 30.7 Å². The van der Waals surface area contributed by atoms with E-state index in [4.69, 9.17) is 25.8 Å². The van der Waals surface area contributed by atoms with E-state index in [0.29, 0.717) is 24.4 Å². The molecular formula is C26H24ClNO7. The highest BCUT2D eigenvalue weighted by molar-refractivity contribution is 6.36. The highest BCUT2D eigenvalue weighted by atomic mass is 35.5. The van der Waals surface area contributed by atoms with Crippen LogP contribution in [0, 0.1) is 5.92 Å². The van der Waals surface area contributed by atoms with Gasteiger partial charge in [0, 0.05) is 30.3 Å². The number of carbonyl (C=O) groups excluding carboxylic acids is 2. The standard InChI is InChI=1S/C26H24ClNO7/c1-13-10-15(28-9-5-7-14-6-4-8-16(22(14)28)25(31)32)11-19(29)26(13)24(30)20-17(33-2)12-18(34-3)21(27)23(20)35-26/h4,6,8,11-13H,5,7,9-10H2,1-3H3,(H,31,32)/t13-,26+/m1/s1. The Bertz CT molecular complexity index is 1320. The molecule has 0 saturated heterocycles. The Morgan fingerprint density at radius 2 is 1.97 bits per heavy atom. The van der Waals surface area contributed by atoms with Crippen molar-refractivity contribution in [3.63, 3.8) is 0 Å². The Morgan fingerprint density at radius 3 is 2.63 bits per heavy atom. The number of benzene rings is 2. The lowest BCUT2D eigenvalue weighted by molar-refractivity contribution is -0.129. The van der Waals surface area contributed by atoms with Crippen molar-refractivity contribution in [2.45, 2.75) is 31.8 Å². The number of carbonyl (C=O) groups is 3. The first-order valence-electron chi connectivity index (χ1n) is 11.3. The maximum atomic E-state index is 13.7. The number of ether oxygens (including phenoxy) is 3. The Labute approximate surface area is 207 Å². The third-order valence-electron chi connectivity index (χ3n) is 7.09. The van der Waals surface area contributed by atoms with Crippen molar-refractivity contribution in [3.8, 4) is 17.2 Å². The third-order valence-corrected chi connectivity index (χ3v) is 7.44. The number of hydrogen-bond donors (Lipinski definition) is 1. The maximum Gasteiger partial charge on any atom is 0.337 e. The minimum Gasteiger partial charge on any atom is -0.496 e. The van der Waals surface area contributed by atoms with E-state index in [1.165, 1.54) is 26.4 Å². The Hall–Kier alpha value is -3.52. The van der Waals surface area contributed by atoms with Crippen LogP contribution in [0.3, 0.4) is 0 Å². The number of anilines is 1. The van der Waals surface area contributed by atoms with E-state index in [0.717, 1.165) is 18.4 Å². The second kappa shape index (κ2) is 8.30. The van der Waals surface area contributed by atoms with Crippen LogP contribution in [0.15, 0.2) is 36.0 Å². The van der Waals surface area contributed by atoms with Crippen LogP contribution in [-0.4, -0.2) is 49.0 Å². The topological polar surface area (TPSA) is 102 Å². The quantitative estimate of drug-likeness (QED) is 0.623. The molecule has 182 valence electrons. The van der Waals surface area contributed by atoms with Crippen LogP contribution in [0.25, 0.3) is 0 Å². The minimum absolute atomic E-state index is 0.0707. The fraction of sp³-hybridized carbons (Fsp3) is 0.346. The molecule has 2 aliphatic heterocycles. The molecule has 3 aliphatic rings. The van der Waals surface area contributed by atoms with Gasteiger partial charge in [-0.05, 0) is 30.9 Å². The summed E-state index contributed by atoms with van der Waals surface area (Å²) in [5.74, 6) is -2.04. The number of carboxylic acids is 1. The molecule has 1 aliphatic carbocycles. The lowest BCUT2D eigenvalue weighted by Gasteiger charge is -2.40. The number of carboxylic acid groups (broad SMARTS) is 1. The van der Waals surface area contributed by atoms with E-state index in [-0.39, 0.29) is 33.4 Å². The molecule has 9 heteroatoms. The second-order valence-electron chi connectivity index (χ2n) is 8.94. The van der Waals surface area contributed by atoms with Gasteiger partial charge in [0.1, 0.15) is 22.1 Å². The summed E-state index contributed by atoms with van der Waals surface area (Å²) in [7, 11) is 2.85. The molecule has 0 amide bonds. The van der Waals surface area contributed by atoms with E-state index >= 15 is 0 Å². The van der Waals surface area contributed by atoms with E-state index in [9.17, 15) is 19.5 Å². The summed E-state index contributed by atoms with van der Waals surface area (Å²) in [6, 6.07) is 6.71. The molecule has 0 aromatic heterocycles. The average Bonchev–Trinajstić information content (AvgIpc) is 3.16. The van der Waals surface area contributed by atoms with Crippen molar-refractivity contribution < 1.29 is 33.7 Å². The van der Waals surface area contributed by atoms with Gasteiger partial charge in [-0.2, -0.15) is 0 Å². The third kappa shape index (κ3) is 3.23. The van der Waals surface area contributed by atoms with E-state index in [2.05, 4.69) is 0 Å². The lowest BCUT2D eigenvalue weighted by Crippen LogP contribution is -2.55. The van der Waals surface area contributed by atoms with Crippen LogP contribution in [-0.2, 0) is 11.2 Å². The molecule has 5 rings (SSSR count). The number of ketones is 2. The first-order valence-corrected chi connectivity index (χ1v) is 11.7. The molecule has 2 aromatic carbocycles. The largest absolute Gasteiger partial charge is 0.496 e. The van der Waals surface area contributed by atoms with Crippen molar-refractivity contribution in [1.29, 1.82) is 0 Å². The Kier molecular flexibility index (Phi) is 5.51. The van der Waals surface area contributed by atoms with Crippen molar-refractivity contribution in [2.24, 2.45) is 5.92 Å². The normalized spacial score (nSPS) is 22.9. The van der Waals surface area contributed by atoms with Gasteiger partial charge in [0.2, 0.25) is 17.2 Å². The first kappa shape index (κ1) is 23.2. The molecule has 1 N–H and O–H groups in total. The van der Waals surface area contributed by atoms with Crippen molar-refractivity contribution in [3.05, 3.63) is 57.8 Å². The number of halogens is 1. The van der Waals surface area contributed by atoms with Gasteiger partial charge in [-0.3, -0.25) is 9.59 Å². The number of rotatable bonds is 4. The first-order chi connectivity index (χ1) is 16.7. The fourth-order valence-corrected chi connectivity index (χ4v) is 5.67. The molecule has 0 fully saturated rings. The van der Waals surface area contributed by atoms with Crippen LogP contribution < -0.4 is 19.1 Å². The summed E-state index contributed by atoms with van der Waals surface area (Å²) in [5, 5.41) is 9.87. The van der Waals surface area contributed by atoms with Gasteiger partial charge in [0.05, 0.1) is 25.5 Å². The second-order valence-corrected chi connectivity index (χ2v) is 9.32. The average molecular weight is 498 g/mol. The number of Topliss-reactive ketones (excluding diaryl/α,β-unsaturated/α-hetero) is 1. The minimum atomic E-state index is -1.78. The summed E-state index contributed by atoms with van der Waals surface area (Å²) in [6.07, 6.45) is 3.31. The molecule has 1 spiro atoms. The lowest BCUT2D eigenvalue weighted by atomic mass is 9.74. The van der Waals surface area contributed by atoms with E-state index < -0.39 is 29.1 Å². The summed E-state index contributed by atoms with van der Waals surface area (Å²) >= 11 is 6.45. The number of aryl methyl sites for hydroxylation is 1. The monoisotopic (exact) mass is 497 g/mol. The van der Waals surface area contributed by atoms with Crippen LogP contribution in [0.1, 0.15) is 46.0 Å². The van der Waals surface area contributed by atoms with Gasteiger partial charge in [-0.25, -0.2) is 4.79 Å². The number of fused-ring (bicyclic) bond motifs is 2. The van der Waals surface area contributed by atoms with Gasteiger partial charge < -0.3 is 24.2 Å². The molecule has 2 aromatic rings. The molecule has 0 radical (unpaired) electrons. The summed E-state index contributed by atoms with van der Waals surface area (Å²) in [5.41, 5.74) is 0.705. The van der Waals surface area contributed by atoms with Gasteiger partial charge in [0.25, 0.3) is 0 Å². The number of nitrogens with zero attached hydrogens (tertiary/aromatic N) is 1. The zero-order valence-corrected chi connectivity index (χ0v) is 20.3. The Balaban J connectivity index is 1.59. The highest BCUT2D eigenvalue weighted by Crippen LogP contribution is 2.53. The SMILES string of the molecule is COc1cc(OC)c2c(c1Cl)O[C@@]1(C(=O)C=C(N3CCCc4cccc(C(=O)O)c43)C[C@H]1C)C2=O. The predicted molar refractivity (Wildman–Crippen MR) is 128 cm³/mol. The van der Waals surface area contributed by atoms with Gasteiger partial charge >= 0.3 is 5.97 Å². The molecule has 0 saturated carbocycles. The van der Waals surface area contributed by atoms with Crippen molar-refractivity contribution >= 4 is 34.8 Å². The van der Waals surface area contributed by atoms with Gasteiger partial charge in [-0.15, -0.1) is 0 Å². The maximum absolute atomic E-state index is 13.7. The number of hydrogen-bond acceptors (Lipinski definition) is 7. The molecule has 0 unspecified atom stereocenters.